The molecule has 21 heavy (non-hydrogen) atoms. The molecule has 112 valence electrons. The lowest BCUT2D eigenvalue weighted by Gasteiger charge is -2.36. The van der Waals surface area contributed by atoms with Crippen LogP contribution >= 0.6 is 0 Å². The molecule has 5 nitrogen and oxygen atoms in total. The van der Waals surface area contributed by atoms with Crippen molar-refractivity contribution >= 4 is 12.0 Å². The first-order chi connectivity index (χ1) is 10.1. The van der Waals surface area contributed by atoms with Crippen LogP contribution in [0.3, 0.4) is 0 Å². The summed E-state index contributed by atoms with van der Waals surface area (Å²) < 4.78 is 0. The number of nitrogens with zero attached hydrogens (tertiary/aromatic N) is 2. The Morgan fingerprint density at radius 2 is 2.05 bits per heavy atom. The molecule has 1 heterocycles. The Labute approximate surface area is 124 Å². The number of fused-ring (bicyclic) bond motifs is 1. The molecular formula is C16H20N2O3. The third-order valence-corrected chi connectivity index (χ3v) is 4.34. The third kappa shape index (κ3) is 2.60. The van der Waals surface area contributed by atoms with Crippen molar-refractivity contribution in [1.29, 1.82) is 0 Å². The summed E-state index contributed by atoms with van der Waals surface area (Å²) in [5.74, 6) is -1.49. The van der Waals surface area contributed by atoms with Crippen LogP contribution in [0.4, 0.5) is 4.79 Å². The quantitative estimate of drug-likeness (QED) is 0.928. The van der Waals surface area contributed by atoms with Gasteiger partial charge in [0.15, 0.2) is 0 Å². The summed E-state index contributed by atoms with van der Waals surface area (Å²) in [5.41, 5.74) is 1.78. The van der Waals surface area contributed by atoms with Crippen molar-refractivity contribution < 1.29 is 14.7 Å². The molecule has 1 atom stereocenters. The smallest absolute Gasteiger partial charge is 0.320 e. The van der Waals surface area contributed by atoms with E-state index in [1.54, 1.807) is 4.90 Å². The van der Waals surface area contributed by atoms with Crippen molar-refractivity contribution in [2.24, 2.45) is 0 Å². The van der Waals surface area contributed by atoms with E-state index in [1.807, 2.05) is 36.1 Å². The van der Waals surface area contributed by atoms with E-state index in [2.05, 4.69) is 0 Å². The summed E-state index contributed by atoms with van der Waals surface area (Å²) in [7, 11) is 0. The van der Waals surface area contributed by atoms with Gasteiger partial charge in [-0.1, -0.05) is 24.3 Å². The lowest BCUT2D eigenvalue weighted by Crippen LogP contribution is -2.48. The number of aliphatic carboxylic acids is 1. The van der Waals surface area contributed by atoms with E-state index in [1.165, 1.54) is 0 Å². The second-order valence-electron chi connectivity index (χ2n) is 5.77. The fraction of sp³-hybridized carbons (Fsp3) is 0.500. The fourth-order valence-electron chi connectivity index (χ4n) is 3.08. The molecule has 0 aromatic heterocycles. The SMILES string of the molecule is CCN(C(=O)N1Cc2ccccc2C(C(=O)O)C1)C1CC1. The van der Waals surface area contributed by atoms with Crippen molar-refractivity contribution in [3.63, 3.8) is 0 Å². The molecule has 0 radical (unpaired) electrons. The molecule has 1 unspecified atom stereocenters. The number of carboxylic acid groups (broad SMARTS) is 1. The Bertz CT molecular complexity index is 568. The maximum absolute atomic E-state index is 12.6. The number of carbonyl (C=O) groups is 2. The lowest BCUT2D eigenvalue weighted by molar-refractivity contribution is -0.139. The molecule has 0 spiro atoms. The zero-order chi connectivity index (χ0) is 15.0. The Kier molecular flexibility index (Phi) is 3.57. The van der Waals surface area contributed by atoms with Gasteiger partial charge in [-0.15, -0.1) is 0 Å². The van der Waals surface area contributed by atoms with Crippen molar-refractivity contribution in [2.45, 2.75) is 38.3 Å². The third-order valence-electron chi connectivity index (χ3n) is 4.34. The second-order valence-corrected chi connectivity index (χ2v) is 5.77. The number of amides is 2. The summed E-state index contributed by atoms with van der Waals surface area (Å²) in [5, 5.41) is 9.45. The lowest BCUT2D eigenvalue weighted by atomic mass is 9.90. The van der Waals surface area contributed by atoms with E-state index in [0.29, 0.717) is 19.1 Å². The Hall–Kier alpha value is -2.04. The fourth-order valence-corrected chi connectivity index (χ4v) is 3.08. The predicted octanol–water partition coefficient (Wildman–Crippen LogP) is 2.27. The number of urea groups is 1. The van der Waals surface area contributed by atoms with Gasteiger partial charge in [-0.3, -0.25) is 4.79 Å². The molecule has 0 saturated heterocycles. The minimum Gasteiger partial charge on any atom is -0.481 e. The topological polar surface area (TPSA) is 60.9 Å². The van der Waals surface area contributed by atoms with Crippen LogP contribution in [0.2, 0.25) is 0 Å². The zero-order valence-corrected chi connectivity index (χ0v) is 12.2. The maximum atomic E-state index is 12.6. The molecule has 5 heteroatoms. The highest BCUT2D eigenvalue weighted by Gasteiger charge is 2.38. The number of rotatable bonds is 3. The summed E-state index contributed by atoms with van der Waals surface area (Å²) in [6.07, 6.45) is 2.12. The highest BCUT2D eigenvalue weighted by molar-refractivity contribution is 5.81. The standard InChI is InChI=1S/C16H20N2O3/c1-2-18(12-7-8-12)16(21)17-9-11-5-3-4-6-13(11)14(10-17)15(19)20/h3-6,12,14H,2,7-10H2,1H3,(H,19,20). The molecule has 2 aliphatic rings. The van der Waals surface area contributed by atoms with Gasteiger partial charge in [0.05, 0.1) is 5.92 Å². The molecule has 1 saturated carbocycles. The highest BCUT2D eigenvalue weighted by atomic mass is 16.4. The molecule has 1 N–H and O–H groups in total. The van der Waals surface area contributed by atoms with E-state index in [0.717, 1.165) is 24.0 Å². The van der Waals surface area contributed by atoms with Crippen LogP contribution in [0.5, 0.6) is 0 Å². The monoisotopic (exact) mass is 288 g/mol. The van der Waals surface area contributed by atoms with Crippen LogP contribution in [0.25, 0.3) is 0 Å². The van der Waals surface area contributed by atoms with Crippen molar-refractivity contribution in [3.05, 3.63) is 35.4 Å². The van der Waals surface area contributed by atoms with Gasteiger partial charge in [0.25, 0.3) is 0 Å². The summed E-state index contributed by atoms with van der Waals surface area (Å²) in [6, 6.07) is 7.84. The first-order valence-corrected chi connectivity index (χ1v) is 7.48. The number of hydrogen-bond donors (Lipinski definition) is 1. The van der Waals surface area contributed by atoms with Crippen LogP contribution in [0.1, 0.15) is 36.8 Å². The van der Waals surface area contributed by atoms with Crippen LogP contribution in [0, 0.1) is 0 Å². The van der Waals surface area contributed by atoms with Crippen LogP contribution in [-0.4, -0.2) is 46.0 Å². The highest BCUT2D eigenvalue weighted by Crippen LogP contribution is 2.32. The van der Waals surface area contributed by atoms with Crippen molar-refractivity contribution in [2.75, 3.05) is 13.1 Å². The summed E-state index contributed by atoms with van der Waals surface area (Å²) in [4.78, 5) is 27.7. The van der Waals surface area contributed by atoms with Gasteiger partial charge in [-0.05, 0) is 30.9 Å². The minimum absolute atomic E-state index is 0.0271. The normalized spacial score (nSPS) is 20.8. The summed E-state index contributed by atoms with van der Waals surface area (Å²) >= 11 is 0. The van der Waals surface area contributed by atoms with E-state index < -0.39 is 11.9 Å². The number of carbonyl (C=O) groups excluding carboxylic acids is 1. The predicted molar refractivity (Wildman–Crippen MR) is 78.0 cm³/mol. The van der Waals surface area contributed by atoms with Crippen molar-refractivity contribution in [3.8, 4) is 0 Å². The van der Waals surface area contributed by atoms with E-state index in [4.69, 9.17) is 0 Å². The molecule has 3 rings (SSSR count). The van der Waals surface area contributed by atoms with Gasteiger partial charge in [-0.25, -0.2) is 4.79 Å². The average molecular weight is 288 g/mol. The van der Waals surface area contributed by atoms with Gasteiger partial charge in [-0.2, -0.15) is 0 Å². The van der Waals surface area contributed by atoms with E-state index in [-0.39, 0.29) is 12.6 Å². The van der Waals surface area contributed by atoms with E-state index in [9.17, 15) is 14.7 Å². The number of hydrogen-bond acceptors (Lipinski definition) is 2. The Morgan fingerprint density at radius 1 is 1.33 bits per heavy atom. The van der Waals surface area contributed by atoms with Gasteiger partial charge < -0.3 is 14.9 Å². The molecule has 2 amide bonds. The number of carboxylic acids is 1. The van der Waals surface area contributed by atoms with Crippen molar-refractivity contribution in [1.82, 2.24) is 9.80 Å². The molecule has 1 aromatic rings. The zero-order valence-electron chi connectivity index (χ0n) is 12.2. The molecular weight excluding hydrogens is 268 g/mol. The molecule has 1 aliphatic carbocycles. The second kappa shape index (κ2) is 5.39. The van der Waals surface area contributed by atoms with Crippen LogP contribution in [0.15, 0.2) is 24.3 Å². The van der Waals surface area contributed by atoms with Crippen LogP contribution in [-0.2, 0) is 11.3 Å². The van der Waals surface area contributed by atoms with Gasteiger partial charge in [0, 0.05) is 25.7 Å². The molecule has 1 aromatic carbocycles. The maximum Gasteiger partial charge on any atom is 0.320 e. The largest absolute Gasteiger partial charge is 0.481 e. The molecule has 0 bridgehead atoms. The van der Waals surface area contributed by atoms with Gasteiger partial charge in [0.1, 0.15) is 0 Å². The molecule has 1 fully saturated rings. The van der Waals surface area contributed by atoms with Crippen LogP contribution < -0.4 is 0 Å². The first kappa shape index (κ1) is 13.9. The number of benzene rings is 1. The average Bonchev–Trinajstić information content (AvgIpc) is 3.31. The Morgan fingerprint density at radius 3 is 2.67 bits per heavy atom. The Balaban J connectivity index is 1.85. The van der Waals surface area contributed by atoms with Gasteiger partial charge in [0.2, 0.25) is 0 Å². The first-order valence-electron chi connectivity index (χ1n) is 7.48. The molecule has 1 aliphatic heterocycles. The summed E-state index contributed by atoms with van der Waals surface area (Å²) in [6.45, 7) is 3.42. The van der Waals surface area contributed by atoms with Gasteiger partial charge >= 0.3 is 12.0 Å². The minimum atomic E-state index is -0.866. The van der Waals surface area contributed by atoms with E-state index >= 15 is 0 Å².